The SMILES string of the molecule is CCCCOc1ccc(C(=O)NC(C)c2ccc(S(N)(=O)=O)cc2)cc1. The van der Waals surface area contributed by atoms with Crippen molar-refractivity contribution in [2.45, 2.75) is 37.6 Å². The Balaban J connectivity index is 1.98. The standard InChI is InChI=1S/C19H24N2O4S/c1-3-4-13-25-17-9-5-16(6-10-17)19(22)21-14(2)15-7-11-18(12-8-15)26(20,23)24/h5-12,14H,3-4,13H2,1-2H3,(H,21,22)(H2,20,23,24). The Bertz CT molecular complexity index is 831. The summed E-state index contributed by atoms with van der Waals surface area (Å²) in [6.07, 6.45) is 2.06. The summed E-state index contributed by atoms with van der Waals surface area (Å²) in [5.74, 6) is 0.523. The van der Waals surface area contributed by atoms with Crippen LogP contribution < -0.4 is 15.2 Å². The zero-order valence-electron chi connectivity index (χ0n) is 14.9. The van der Waals surface area contributed by atoms with Crippen molar-refractivity contribution >= 4 is 15.9 Å². The number of ether oxygens (including phenoxy) is 1. The summed E-state index contributed by atoms with van der Waals surface area (Å²) in [6, 6.07) is 12.8. The Morgan fingerprint density at radius 2 is 1.73 bits per heavy atom. The third kappa shape index (κ3) is 5.57. The first-order valence-electron chi connectivity index (χ1n) is 8.47. The highest BCUT2D eigenvalue weighted by Crippen LogP contribution is 2.17. The van der Waals surface area contributed by atoms with Crippen molar-refractivity contribution in [2.24, 2.45) is 5.14 Å². The van der Waals surface area contributed by atoms with Gasteiger partial charge in [0.25, 0.3) is 5.91 Å². The maximum Gasteiger partial charge on any atom is 0.251 e. The Morgan fingerprint density at radius 1 is 1.12 bits per heavy atom. The number of nitrogens with one attached hydrogen (secondary N) is 1. The molecule has 0 saturated carbocycles. The molecule has 6 nitrogen and oxygen atoms in total. The summed E-state index contributed by atoms with van der Waals surface area (Å²) in [5.41, 5.74) is 1.31. The molecule has 0 aliphatic carbocycles. The molecule has 0 aromatic heterocycles. The van der Waals surface area contributed by atoms with Crippen LogP contribution >= 0.6 is 0 Å². The number of hydrogen-bond acceptors (Lipinski definition) is 4. The average Bonchev–Trinajstić information content (AvgIpc) is 2.62. The van der Waals surface area contributed by atoms with Gasteiger partial charge in [-0.05, 0) is 55.3 Å². The summed E-state index contributed by atoms with van der Waals surface area (Å²) < 4.78 is 28.1. The van der Waals surface area contributed by atoms with Gasteiger partial charge in [0.05, 0.1) is 17.5 Å². The van der Waals surface area contributed by atoms with Gasteiger partial charge in [0.15, 0.2) is 0 Å². The summed E-state index contributed by atoms with van der Waals surface area (Å²) in [4.78, 5) is 12.4. The fraction of sp³-hybridized carbons (Fsp3) is 0.316. The molecule has 1 unspecified atom stereocenters. The first-order valence-corrected chi connectivity index (χ1v) is 10.0. The molecule has 0 saturated heterocycles. The van der Waals surface area contributed by atoms with Gasteiger partial charge in [-0.2, -0.15) is 0 Å². The van der Waals surface area contributed by atoms with Gasteiger partial charge in [-0.3, -0.25) is 4.79 Å². The van der Waals surface area contributed by atoms with Gasteiger partial charge in [0, 0.05) is 5.56 Å². The molecule has 0 radical (unpaired) electrons. The van der Waals surface area contributed by atoms with E-state index < -0.39 is 10.0 Å². The van der Waals surface area contributed by atoms with Crippen molar-refractivity contribution in [3.8, 4) is 5.75 Å². The van der Waals surface area contributed by atoms with Crippen LogP contribution in [0.2, 0.25) is 0 Å². The van der Waals surface area contributed by atoms with Crippen LogP contribution in [0.3, 0.4) is 0 Å². The summed E-state index contributed by atoms with van der Waals surface area (Å²) in [5, 5.41) is 7.96. The Labute approximate surface area is 154 Å². The van der Waals surface area contributed by atoms with Crippen molar-refractivity contribution in [1.82, 2.24) is 5.32 Å². The number of nitrogens with two attached hydrogens (primary N) is 1. The predicted octanol–water partition coefficient (Wildman–Crippen LogP) is 3.00. The number of rotatable bonds is 8. The number of hydrogen-bond donors (Lipinski definition) is 2. The molecule has 0 spiro atoms. The first-order chi connectivity index (χ1) is 12.3. The minimum absolute atomic E-state index is 0.0402. The molecule has 3 N–H and O–H groups in total. The minimum Gasteiger partial charge on any atom is -0.494 e. The Morgan fingerprint density at radius 3 is 2.27 bits per heavy atom. The molecule has 140 valence electrons. The molecule has 7 heteroatoms. The van der Waals surface area contributed by atoms with E-state index in [0.29, 0.717) is 12.2 Å². The fourth-order valence-electron chi connectivity index (χ4n) is 2.35. The number of carbonyl (C=O) groups is 1. The molecule has 2 aromatic carbocycles. The van der Waals surface area contributed by atoms with E-state index in [9.17, 15) is 13.2 Å². The second-order valence-corrected chi connectivity index (χ2v) is 7.60. The van der Waals surface area contributed by atoms with Crippen LogP contribution in [0.4, 0.5) is 0 Å². The zero-order chi connectivity index (χ0) is 19.2. The molecule has 26 heavy (non-hydrogen) atoms. The molecule has 0 heterocycles. The normalized spacial score (nSPS) is 12.4. The van der Waals surface area contributed by atoms with E-state index in [2.05, 4.69) is 12.2 Å². The lowest BCUT2D eigenvalue weighted by molar-refractivity contribution is 0.0940. The number of amides is 1. The second kappa shape index (κ2) is 8.82. The van der Waals surface area contributed by atoms with Gasteiger partial charge in [-0.15, -0.1) is 0 Å². The first kappa shape index (κ1) is 19.9. The molecule has 1 amide bonds. The van der Waals surface area contributed by atoms with Gasteiger partial charge in [-0.25, -0.2) is 13.6 Å². The highest BCUT2D eigenvalue weighted by atomic mass is 32.2. The largest absolute Gasteiger partial charge is 0.494 e. The van der Waals surface area contributed by atoms with Gasteiger partial charge in [0.2, 0.25) is 10.0 Å². The third-order valence-electron chi connectivity index (χ3n) is 3.94. The second-order valence-electron chi connectivity index (χ2n) is 6.04. The smallest absolute Gasteiger partial charge is 0.251 e. The lowest BCUT2D eigenvalue weighted by Gasteiger charge is -2.15. The van der Waals surface area contributed by atoms with E-state index in [-0.39, 0.29) is 16.8 Å². The van der Waals surface area contributed by atoms with E-state index in [1.54, 1.807) is 36.4 Å². The number of unbranched alkanes of at least 4 members (excludes halogenated alkanes) is 1. The monoisotopic (exact) mass is 376 g/mol. The van der Waals surface area contributed by atoms with Crippen LogP contribution in [0.25, 0.3) is 0 Å². The topological polar surface area (TPSA) is 98.5 Å². The van der Waals surface area contributed by atoms with Crippen molar-refractivity contribution in [2.75, 3.05) is 6.61 Å². The fourth-order valence-corrected chi connectivity index (χ4v) is 2.86. The molecule has 0 aliphatic rings. The van der Waals surface area contributed by atoms with Crippen LogP contribution in [0, 0.1) is 0 Å². The quantitative estimate of drug-likeness (QED) is 0.692. The van der Waals surface area contributed by atoms with E-state index in [0.717, 1.165) is 24.2 Å². The van der Waals surface area contributed by atoms with Crippen molar-refractivity contribution in [1.29, 1.82) is 0 Å². The molecule has 2 aromatic rings. The number of primary sulfonamides is 1. The van der Waals surface area contributed by atoms with Crippen molar-refractivity contribution < 1.29 is 17.9 Å². The molecular formula is C19H24N2O4S. The minimum atomic E-state index is -3.72. The number of carbonyl (C=O) groups excluding carboxylic acids is 1. The van der Waals surface area contributed by atoms with Crippen LogP contribution in [-0.4, -0.2) is 20.9 Å². The van der Waals surface area contributed by atoms with E-state index in [4.69, 9.17) is 9.88 Å². The molecule has 0 fully saturated rings. The van der Waals surface area contributed by atoms with E-state index >= 15 is 0 Å². The zero-order valence-corrected chi connectivity index (χ0v) is 15.8. The van der Waals surface area contributed by atoms with E-state index in [1.807, 2.05) is 6.92 Å². The van der Waals surface area contributed by atoms with Crippen LogP contribution in [0.1, 0.15) is 48.7 Å². The maximum absolute atomic E-state index is 12.4. The summed E-state index contributed by atoms with van der Waals surface area (Å²) in [7, 11) is -3.72. The highest BCUT2D eigenvalue weighted by molar-refractivity contribution is 7.89. The number of benzene rings is 2. The summed E-state index contributed by atoms with van der Waals surface area (Å²) in [6.45, 7) is 4.58. The molecular weight excluding hydrogens is 352 g/mol. The maximum atomic E-state index is 12.4. The summed E-state index contributed by atoms with van der Waals surface area (Å²) >= 11 is 0. The Hall–Kier alpha value is -2.38. The lowest BCUT2D eigenvalue weighted by Crippen LogP contribution is -2.26. The molecule has 2 rings (SSSR count). The Kier molecular flexibility index (Phi) is 6.76. The van der Waals surface area contributed by atoms with Crippen LogP contribution in [0.15, 0.2) is 53.4 Å². The molecule has 0 aliphatic heterocycles. The van der Waals surface area contributed by atoms with Crippen LogP contribution in [0.5, 0.6) is 5.75 Å². The predicted molar refractivity (Wildman–Crippen MR) is 101 cm³/mol. The van der Waals surface area contributed by atoms with Crippen molar-refractivity contribution in [3.05, 3.63) is 59.7 Å². The van der Waals surface area contributed by atoms with Gasteiger partial charge >= 0.3 is 0 Å². The van der Waals surface area contributed by atoms with Crippen LogP contribution in [-0.2, 0) is 10.0 Å². The van der Waals surface area contributed by atoms with Gasteiger partial charge in [0.1, 0.15) is 5.75 Å². The molecule has 0 bridgehead atoms. The van der Waals surface area contributed by atoms with Gasteiger partial charge < -0.3 is 10.1 Å². The van der Waals surface area contributed by atoms with E-state index in [1.165, 1.54) is 12.1 Å². The lowest BCUT2D eigenvalue weighted by atomic mass is 10.1. The average molecular weight is 376 g/mol. The van der Waals surface area contributed by atoms with Crippen molar-refractivity contribution in [3.63, 3.8) is 0 Å². The number of sulfonamides is 1. The third-order valence-corrected chi connectivity index (χ3v) is 4.87. The highest BCUT2D eigenvalue weighted by Gasteiger charge is 2.13. The van der Waals surface area contributed by atoms with Gasteiger partial charge in [-0.1, -0.05) is 25.5 Å². The molecule has 1 atom stereocenters.